The number of thiazole rings is 1. The minimum Gasteiger partial charge on any atom is -0.483 e. The van der Waals surface area contributed by atoms with Gasteiger partial charge in [-0.05, 0) is 43.2 Å². The first-order valence-electron chi connectivity index (χ1n) is 7.08. The molecule has 3 rings (SSSR count). The van der Waals surface area contributed by atoms with E-state index in [1.54, 1.807) is 6.07 Å². The van der Waals surface area contributed by atoms with Crippen LogP contribution in [0.15, 0.2) is 36.4 Å². The minimum absolute atomic E-state index is 0.0532. The molecular weight excluding hydrogens is 332 g/mol. The van der Waals surface area contributed by atoms with Crippen molar-refractivity contribution in [2.24, 2.45) is 0 Å². The zero-order valence-electron chi connectivity index (χ0n) is 12.7. The lowest BCUT2D eigenvalue weighted by Gasteiger charge is -2.11. The maximum Gasteiger partial charge on any atom is 0.264 e. The molecule has 0 aliphatic rings. The van der Waals surface area contributed by atoms with Crippen LogP contribution in [-0.4, -0.2) is 17.5 Å². The van der Waals surface area contributed by atoms with Gasteiger partial charge in [0.05, 0.1) is 10.2 Å². The summed E-state index contributed by atoms with van der Waals surface area (Å²) in [5, 5.41) is 3.95. The molecule has 0 bridgehead atoms. The maximum absolute atomic E-state index is 12.1. The number of para-hydroxylation sites is 1. The Hall–Kier alpha value is -2.11. The Morgan fingerprint density at radius 1 is 1.26 bits per heavy atom. The van der Waals surface area contributed by atoms with E-state index in [0.29, 0.717) is 10.2 Å². The molecule has 0 fully saturated rings. The lowest BCUT2D eigenvalue weighted by atomic mass is 10.1. The van der Waals surface area contributed by atoms with E-state index in [2.05, 4.69) is 10.3 Å². The van der Waals surface area contributed by atoms with Crippen LogP contribution in [0.2, 0.25) is 5.02 Å². The fourth-order valence-electron chi connectivity index (χ4n) is 2.27. The number of hydrogen-bond donors (Lipinski definition) is 1. The standard InChI is InChI=1S/C17H15ClN2O2S/c1-10-4-3-5-11(2)16(10)22-9-15(21)20-17-19-13-7-6-12(18)8-14(13)23-17/h3-8H,9H2,1-2H3,(H,19,20,21). The first kappa shape index (κ1) is 15.8. The molecule has 118 valence electrons. The first-order valence-corrected chi connectivity index (χ1v) is 8.27. The van der Waals surface area contributed by atoms with Gasteiger partial charge >= 0.3 is 0 Å². The second kappa shape index (κ2) is 6.56. The highest BCUT2D eigenvalue weighted by atomic mass is 35.5. The Balaban J connectivity index is 1.66. The predicted molar refractivity (Wildman–Crippen MR) is 94.7 cm³/mol. The molecule has 0 saturated heterocycles. The van der Waals surface area contributed by atoms with Crippen molar-refractivity contribution < 1.29 is 9.53 Å². The SMILES string of the molecule is Cc1cccc(C)c1OCC(=O)Nc1nc2ccc(Cl)cc2s1. The third-order valence-corrected chi connectivity index (χ3v) is 4.52. The number of carbonyl (C=O) groups excluding carboxylic acids is 1. The molecule has 0 unspecified atom stereocenters. The summed E-state index contributed by atoms with van der Waals surface area (Å²) in [6, 6.07) is 11.3. The van der Waals surface area contributed by atoms with E-state index >= 15 is 0 Å². The van der Waals surface area contributed by atoms with Crippen molar-refractivity contribution in [1.29, 1.82) is 0 Å². The summed E-state index contributed by atoms with van der Waals surface area (Å²) in [6.07, 6.45) is 0. The molecule has 1 heterocycles. The second-order valence-corrected chi connectivity index (χ2v) is 6.66. The summed E-state index contributed by atoms with van der Waals surface area (Å²) in [4.78, 5) is 16.4. The van der Waals surface area contributed by atoms with Crippen molar-refractivity contribution in [2.75, 3.05) is 11.9 Å². The number of ether oxygens (including phenoxy) is 1. The highest BCUT2D eigenvalue weighted by Crippen LogP contribution is 2.28. The molecule has 0 spiro atoms. The van der Waals surface area contributed by atoms with E-state index in [-0.39, 0.29) is 12.5 Å². The van der Waals surface area contributed by atoms with Gasteiger partial charge in [-0.3, -0.25) is 10.1 Å². The van der Waals surface area contributed by atoms with E-state index in [4.69, 9.17) is 16.3 Å². The van der Waals surface area contributed by atoms with Gasteiger partial charge in [0.25, 0.3) is 5.91 Å². The third kappa shape index (κ3) is 3.63. The smallest absolute Gasteiger partial charge is 0.264 e. The number of carbonyl (C=O) groups is 1. The Morgan fingerprint density at radius 2 is 2.00 bits per heavy atom. The minimum atomic E-state index is -0.238. The monoisotopic (exact) mass is 346 g/mol. The van der Waals surface area contributed by atoms with E-state index < -0.39 is 0 Å². The topological polar surface area (TPSA) is 51.2 Å². The maximum atomic E-state index is 12.1. The largest absolute Gasteiger partial charge is 0.483 e. The van der Waals surface area contributed by atoms with Crippen molar-refractivity contribution in [1.82, 2.24) is 4.98 Å². The lowest BCUT2D eigenvalue weighted by molar-refractivity contribution is -0.118. The lowest BCUT2D eigenvalue weighted by Crippen LogP contribution is -2.20. The Bertz CT molecular complexity index is 856. The molecule has 0 aliphatic heterocycles. The highest BCUT2D eigenvalue weighted by Gasteiger charge is 2.10. The molecule has 0 saturated carbocycles. The fraction of sp³-hybridized carbons (Fsp3) is 0.176. The van der Waals surface area contributed by atoms with Gasteiger partial charge in [0.1, 0.15) is 5.75 Å². The van der Waals surface area contributed by atoms with Gasteiger partial charge in [0.15, 0.2) is 11.7 Å². The molecule has 6 heteroatoms. The van der Waals surface area contributed by atoms with E-state index in [1.165, 1.54) is 11.3 Å². The molecule has 23 heavy (non-hydrogen) atoms. The van der Waals surface area contributed by atoms with E-state index in [1.807, 2.05) is 44.2 Å². The summed E-state index contributed by atoms with van der Waals surface area (Å²) >= 11 is 7.34. The number of aryl methyl sites for hydroxylation is 2. The number of fused-ring (bicyclic) bond motifs is 1. The normalized spacial score (nSPS) is 10.7. The van der Waals surface area contributed by atoms with Crippen molar-refractivity contribution in [3.63, 3.8) is 0 Å². The van der Waals surface area contributed by atoms with Crippen LogP contribution in [0.1, 0.15) is 11.1 Å². The number of rotatable bonds is 4. The Morgan fingerprint density at radius 3 is 2.74 bits per heavy atom. The van der Waals surface area contributed by atoms with Gasteiger partial charge in [-0.15, -0.1) is 0 Å². The molecule has 1 aromatic heterocycles. The number of nitrogens with zero attached hydrogens (tertiary/aromatic N) is 1. The van der Waals surface area contributed by atoms with Gasteiger partial charge in [-0.1, -0.05) is 41.1 Å². The summed E-state index contributed by atoms with van der Waals surface area (Å²) in [7, 11) is 0. The molecule has 4 nitrogen and oxygen atoms in total. The quantitative estimate of drug-likeness (QED) is 0.752. The molecular formula is C17H15ClN2O2S. The van der Waals surface area contributed by atoms with Crippen LogP contribution in [0, 0.1) is 13.8 Å². The van der Waals surface area contributed by atoms with Crippen molar-refractivity contribution in [3.05, 3.63) is 52.5 Å². The summed E-state index contributed by atoms with van der Waals surface area (Å²) in [6.45, 7) is 3.86. The van der Waals surface area contributed by atoms with Gasteiger partial charge in [-0.25, -0.2) is 4.98 Å². The molecule has 3 aromatic rings. The number of benzene rings is 2. The number of anilines is 1. The van der Waals surface area contributed by atoms with Crippen LogP contribution in [0.3, 0.4) is 0 Å². The Labute approximate surface area is 143 Å². The predicted octanol–water partition coefficient (Wildman–Crippen LogP) is 4.58. The van der Waals surface area contributed by atoms with Gasteiger partial charge in [0.2, 0.25) is 0 Å². The average Bonchev–Trinajstić information content (AvgIpc) is 2.88. The molecule has 0 aliphatic carbocycles. The molecule has 1 N–H and O–H groups in total. The number of halogens is 1. The fourth-order valence-corrected chi connectivity index (χ4v) is 3.43. The zero-order valence-corrected chi connectivity index (χ0v) is 14.3. The van der Waals surface area contributed by atoms with Crippen LogP contribution in [0.5, 0.6) is 5.75 Å². The number of aromatic nitrogens is 1. The van der Waals surface area contributed by atoms with E-state index in [0.717, 1.165) is 27.1 Å². The van der Waals surface area contributed by atoms with Crippen LogP contribution >= 0.6 is 22.9 Å². The third-order valence-electron chi connectivity index (χ3n) is 3.35. The summed E-state index contributed by atoms with van der Waals surface area (Å²) in [5.74, 6) is 0.511. The highest BCUT2D eigenvalue weighted by molar-refractivity contribution is 7.22. The molecule has 0 atom stereocenters. The summed E-state index contributed by atoms with van der Waals surface area (Å²) < 4.78 is 6.57. The number of amides is 1. The van der Waals surface area contributed by atoms with Gasteiger partial charge in [-0.2, -0.15) is 0 Å². The van der Waals surface area contributed by atoms with Crippen molar-refractivity contribution in [2.45, 2.75) is 13.8 Å². The second-order valence-electron chi connectivity index (χ2n) is 5.19. The van der Waals surface area contributed by atoms with Gasteiger partial charge in [0, 0.05) is 5.02 Å². The molecule has 2 aromatic carbocycles. The molecule has 0 radical (unpaired) electrons. The Kier molecular flexibility index (Phi) is 4.50. The van der Waals surface area contributed by atoms with E-state index in [9.17, 15) is 4.79 Å². The van der Waals surface area contributed by atoms with Crippen molar-refractivity contribution >= 4 is 44.2 Å². The van der Waals surface area contributed by atoms with Crippen LogP contribution in [-0.2, 0) is 4.79 Å². The van der Waals surface area contributed by atoms with Gasteiger partial charge < -0.3 is 4.74 Å². The van der Waals surface area contributed by atoms with Crippen LogP contribution in [0.4, 0.5) is 5.13 Å². The number of hydrogen-bond acceptors (Lipinski definition) is 4. The van der Waals surface area contributed by atoms with Crippen molar-refractivity contribution in [3.8, 4) is 5.75 Å². The van der Waals surface area contributed by atoms with Crippen LogP contribution in [0.25, 0.3) is 10.2 Å². The summed E-state index contributed by atoms with van der Waals surface area (Å²) in [5.41, 5.74) is 2.82. The number of nitrogens with one attached hydrogen (secondary N) is 1. The van der Waals surface area contributed by atoms with Crippen LogP contribution < -0.4 is 10.1 Å². The average molecular weight is 347 g/mol. The zero-order chi connectivity index (χ0) is 16.4. The first-order chi connectivity index (χ1) is 11.0. The molecule has 1 amide bonds.